The van der Waals surface area contributed by atoms with Gasteiger partial charge < -0.3 is 15.4 Å². The van der Waals surface area contributed by atoms with Gasteiger partial charge in [0.05, 0.1) is 11.0 Å². The normalized spacial score (nSPS) is 10.8. The Balaban J connectivity index is 1.89. The molecule has 0 spiro atoms. The van der Waals surface area contributed by atoms with Crippen molar-refractivity contribution < 1.29 is 14.7 Å². The number of nitrogens with zero attached hydrogens (tertiary/aromatic N) is 1. The number of carboxylic acid groups (broad SMARTS) is 1. The SMILES string of the molecule is CCCCc1nc2ccc(NC(=O)CCCCC(=O)O)cc2[nH]1. The molecule has 0 bridgehead atoms. The number of aromatic amines is 1. The first-order valence-electron chi connectivity index (χ1n) is 8.08. The van der Waals surface area contributed by atoms with E-state index in [0.717, 1.165) is 41.8 Å². The van der Waals surface area contributed by atoms with E-state index in [4.69, 9.17) is 5.11 Å². The maximum Gasteiger partial charge on any atom is 0.303 e. The maximum atomic E-state index is 11.9. The van der Waals surface area contributed by atoms with Crippen molar-refractivity contribution in [3.05, 3.63) is 24.0 Å². The van der Waals surface area contributed by atoms with Crippen LogP contribution in [0.3, 0.4) is 0 Å². The number of rotatable bonds is 9. The molecule has 0 aliphatic heterocycles. The quantitative estimate of drug-likeness (QED) is 0.617. The van der Waals surface area contributed by atoms with E-state index >= 15 is 0 Å². The van der Waals surface area contributed by atoms with Gasteiger partial charge in [-0.3, -0.25) is 9.59 Å². The third-order valence-electron chi connectivity index (χ3n) is 3.63. The molecular weight excluding hydrogens is 294 g/mol. The fourth-order valence-corrected chi connectivity index (χ4v) is 2.39. The van der Waals surface area contributed by atoms with Gasteiger partial charge in [-0.15, -0.1) is 0 Å². The monoisotopic (exact) mass is 317 g/mol. The van der Waals surface area contributed by atoms with Gasteiger partial charge in [0.25, 0.3) is 0 Å². The summed E-state index contributed by atoms with van der Waals surface area (Å²) in [6, 6.07) is 5.61. The number of nitrogens with one attached hydrogen (secondary N) is 2. The second-order valence-corrected chi connectivity index (χ2v) is 5.67. The van der Waals surface area contributed by atoms with E-state index in [2.05, 4.69) is 22.2 Å². The first-order valence-corrected chi connectivity index (χ1v) is 8.08. The predicted molar refractivity (Wildman–Crippen MR) is 89.4 cm³/mol. The molecule has 2 rings (SSSR count). The Morgan fingerprint density at radius 1 is 1.22 bits per heavy atom. The van der Waals surface area contributed by atoms with E-state index in [9.17, 15) is 9.59 Å². The Bertz CT molecular complexity index is 679. The van der Waals surface area contributed by atoms with Crippen LogP contribution in [-0.4, -0.2) is 27.0 Å². The Kier molecular flexibility index (Phi) is 6.14. The zero-order valence-corrected chi connectivity index (χ0v) is 13.4. The highest BCUT2D eigenvalue weighted by Crippen LogP contribution is 2.18. The lowest BCUT2D eigenvalue weighted by atomic mass is 10.2. The number of amides is 1. The number of hydrogen-bond acceptors (Lipinski definition) is 3. The smallest absolute Gasteiger partial charge is 0.303 e. The van der Waals surface area contributed by atoms with E-state index in [1.165, 1.54) is 0 Å². The number of imidazole rings is 1. The van der Waals surface area contributed by atoms with E-state index in [0.29, 0.717) is 19.3 Å². The average molecular weight is 317 g/mol. The van der Waals surface area contributed by atoms with Crippen molar-refractivity contribution in [3.63, 3.8) is 0 Å². The molecule has 6 heteroatoms. The van der Waals surface area contributed by atoms with E-state index in [1.807, 2.05) is 18.2 Å². The van der Waals surface area contributed by atoms with Crippen molar-refractivity contribution in [2.24, 2.45) is 0 Å². The molecule has 1 amide bonds. The summed E-state index contributed by atoms with van der Waals surface area (Å²) in [5, 5.41) is 11.4. The third-order valence-corrected chi connectivity index (χ3v) is 3.63. The number of aryl methyl sites for hydroxylation is 1. The topological polar surface area (TPSA) is 95.1 Å². The molecular formula is C17H23N3O3. The number of carbonyl (C=O) groups is 2. The van der Waals surface area contributed by atoms with Crippen LogP contribution in [0.1, 0.15) is 51.3 Å². The Morgan fingerprint density at radius 2 is 2.00 bits per heavy atom. The van der Waals surface area contributed by atoms with Gasteiger partial charge in [-0.1, -0.05) is 13.3 Å². The first kappa shape index (κ1) is 17.0. The number of anilines is 1. The van der Waals surface area contributed by atoms with Gasteiger partial charge in [-0.2, -0.15) is 0 Å². The Morgan fingerprint density at radius 3 is 2.74 bits per heavy atom. The number of aromatic nitrogens is 2. The van der Waals surface area contributed by atoms with Crippen LogP contribution < -0.4 is 5.32 Å². The lowest BCUT2D eigenvalue weighted by Crippen LogP contribution is -2.11. The summed E-state index contributed by atoms with van der Waals surface area (Å²) in [6.45, 7) is 2.15. The van der Waals surface area contributed by atoms with Gasteiger partial charge in [0.1, 0.15) is 5.82 Å². The number of benzene rings is 1. The molecule has 0 aliphatic carbocycles. The summed E-state index contributed by atoms with van der Waals surface area (Å²) in [6.07, 6.45) is 4.68. The molecule has 3 N–H and O–H groups in total. The molecule has 6 nitrogen and oxygen atoms in total. The Hall–Kier alpha value is -2.37. The molecule has 0 saturated carbocycles. The predicted octanol–water partition coefficient (Wildman–Crippen LogP) is 3.49. The number of fused-ring (bicyclic) bond motifs is 1. The van der Waals surface area contributed by atoms with Crippen LogP contribution in [0.5, 0.6) is 0 Å². The van der Waals surface area contributed by atoms with Crippen LogP contribution in [0.25, 0.3) is 11.0 Å². The van der Waals surface area contributed by atoms with Crippen LogP contribution >= 0.6 is 0 Å². The third kappa shape index (κ3) is 5.39. The van der Waals surface area contributed by atoms with Crippen LogP contribution in [0.2, 0.25) is 0 Å². The molecule has 1 heterocycles. The van der Waals surface area contributed by atoms with Crippen LogP contribution in [0, 0.1) is 0 Å². The van der Waals surface area contributed by atoms with Gasteiger partial charge in [-0.05, 0) is 37.5 Å². The van der Waals surface area contributed by atoms with Crippen molar-refractivity contribution in [2.75, 3.05) is 5.32 Å². The van der Waals surface area contributed by atoms with Crippen molar-refractivity contribution >= 4 is 28.6 Å². The van der Waals surface area contributed by atoms with Gasteiger partial charge >= 0.3 is 5.97 Å². The highest BCUT2D eigenvalue weighted by Gasteiger charge is 2.07. The molecule has 0 unspecified atom stereocenters. The Labute approximate surface area is 135 Å². The summed E-state index contributed by atoms with van der Waals surface area (Å²) < 4.78 is 0. The fraction of sp³-hybridized carbons (Fsp3) is 0.471. The molecule has 2 aromatic rings. The van der Waals surface area contributed by atoms with Gasteiger partial charge in [0, 0.05) is 24.9 Å². The van der Waals surface area contributed by atoms with Gasteiger partial charge in [0.15, 0.2) is 0 Å². The number of aliphatic carboxylic acids is 1. The number of carbonyl (C=O) groups excluding carboxylic acids is 1. The van der Waals surface area contributed by atoms with Crippen LogP contribution in [-0.2, 0) is 16.0 Å². The molecule has 0 saturated heterocycles. The number of hydrogen-bond donors (Lipinski definition) is 3. The molecule has 1 aromatic heterocycles. The largest absolute Gasteiger partial charge is 0.481 e. The maximum absolute atomic E-state index is 11.9. The standard InChI is InChI=1S/C17H23N3O3/c1-2-3-6-15-19-13-10-9-12(11-14(13)20-15)18-16(21)7-4-5-8-17(22)23/h9-11H,2-8H2,1H3,(H,18,21)(H,19,20)(H,22,23). The molecule has 124 valence electrons. The highest BCUT2D eigenvalue weighted by atomic mass is 16.4. The van der Waals surface area contributed by atoms with E-state index < -0.39 is 5.97 Å². The summed E-state index contributed by atoms with van der Waals surface area (Å²) in [7, 11) is 0. The van der Waals surface area contributed by atoms with Gasteiger partial charge in [-0.25, -0.2) is 4.98 Å². The van der Waals surface area contributed by atoms with Crippen molar-refractivity contribution in [2.45, 2.75) is 51.9 Å². The summed E-state index contributed by atoms with van der Waals surface area (Å²) in [4.78, 5) is 30.1. The number of carboxylic acids is 1. The molecule has 0 radical (unpaired) electrons. The van der Waals surface area contributed by atoms with Crippen LogP contribution in [0.4, 0.5) is 5.69 Å². The molecule has 1 aromatic carbocycles. The second kappa shape index (κ2) is 8.31. The molecule has 0 aliphatic rings. The first-order chi connectivity index (χ1) is 11.1. The van der Waals surface area contributed by atoms with Crippen molar-refractivity contribution in [1.29, 1.82) is 0 Å². The lowest BCUT2D eigenvalue weighted by molar-refractivity contribution is -0.137. The minimum atomic E-state index is -0.825. The average Bonchev–Trinajstić information content (AvgIpc) is 2.91. The highest BCUT2D eigenvalue weighted by molar-refractivity contribution is 5.93. The van der Waals surface area contributed by atoms with Gasteiger partial charge in [0.2, 0.25) is 5.91 Å². The minimum Gasteiger partial charge on any atom is -0.481 e. The molecule has 0 fully saturated rings. The molecule has 0 atom stereocenters. The minimum absolute atomic E-state index is 0.0968. The molecule has 23 heavy (non-hydrogen) atoms. The zero-order chi connectivity index (χ0) is 16.7. The summed E-state index contributed by atoms with van der Waals surface area (Å²) >= 11 is 0. The second-order valence-electron chi connectivity index (χ2n) is 5.67. The number of H-pyrrole nitrogens is 1. The number of unbranched alkanes of at least 4 members (excludes halogenated alkanes) is 2. The lowest BCUT2D eigenvalue weighted by Gasteiger charge is -2.04. The van der Waals surface area contributed by atoms with Crippen LogP contribution in [0.15, 0.2) is 18.2 Å². The van der Waals surface area contributed by atoms with Crippen molar-refractivity contribution in [3.8, 4) is 0 Å². The summed E-state index contributed by atoms with van der Waals surface area (Å²) in [5.74, 6) is 0.0495. The fourth-order valence-electron chi connectivity index (χ4n) is 2.39. The summed E-state index contributed by atoms with van der Waals surface area (Å²) in [5.41, 5.74) is 2.54. The van der Waals surface area contributed by atoms with E-state index in [1.54, 1.807) is 0 Å². The zero-order valence-electron chi connectivity index (χ0n) is 13.4. The van der Waals surface area contributed by atoms with E-state index in [-0.39, 0.29) is 12.3 Å². The van der Waals surface area contributed by atoms with Crippen molar-refractivity contribution in [1.82, 2.24) is 9.97 Å².